The average Bonchev–Trinajstić information content (AvgIpc) is 3.19. The Balaban J connectivity index is 1.54. The molecule has 1 aromatic heterocycles. The van der Waals surface area contributed by atoms with Gasteiger partial charge in [0, 0.05) is 31.3 Å². The predicted octanol–water partition coefficient (Wildman–Crippen LogP) is 3.45. The van der Waals surface area contributed by atoms with Gasteiger partial charge in [0.05, 0.1) is 19.8 Å². The molecule has 1 atom stereocenters. The maximum Gasteiger partial charge on any atom is 0.317 e. The second-order valence-corrected chi connectivity index (χ2v) is 6.62. The molecule has 0 radical (unpaired) electrons. The molecular weight excluding hydrogens is 346 g/mol. The zero-order valence-corrected chi connectivity index (χ0v) is 15.9. The lowest BCUT2D eigenvalue weighted by Crippen LogP contribution is -2.47. The Morgan fingerprint density at radius 2 is 2.26 bits per heavy atom. The Hall–Kier alpha value is -2.54. The fraction of sp³-hybridized carbons (Fsp3) is 0.500. The molecule has 27 heavy (non-hydrogen) atoms. The third-order valence-corrected chi connectivity index (χ3v) is 4.58. The van der Waals surface area contributed by atoms with Gasteiger partial charge in [0.2, 0.25) is 0 Å². The van der Waals surface area contributed by atoms with Crippen molar-refractivity contribution in [2.45, 2.75) is 38.8 Å². The molecule has 146 valence electrons. The summed E-state index contributed by atoms with van der Waals surface area (Å²) in [6.45, 7) is 4.50. The van der Waals surface area contributed by atoms with Gasteiger partial charge < -0.3 is 24.2 Å². The van der Waals surface area contributed by atoms with E-state index in [1.54, 1.807) is 12.0 Å². The molecule has 3 rings (SSSR count). The molecule has 0 aliphatic carbocycles. The monoisotopic (exact) mass is 373 g/mol. The molecule has 1 N–H and O–H groups in total. The van der Waals surface area contributed by atoms with Crippen molar-refractivity contribution in [3.63, 3.8) is 0 Å². The van der Waals surface area contributed by atoms with E-state index in [-0.39, 0.29) is 18.7 Å². The predicted molar refractivity (Wildman–Crippen MR) is 102 cm³/mol. The molecule has 7 heteroatoms. The Kier molecular flexibility index (Phi) is 6.70. The number of hydrogen-bond acceptors (Lipinski definition) is 5. The topological polar surface area (TPSA) is 76.8 Å². The molecule has 1 aliphatic heterocycles. The van der Waals surface area contributed by atoms with Crippen LogP contribution in [-0.2, 0) is 11.3 Å². The van der Waals surface area contributed by atoms with Crippen molar-refractivity contribution >= 4 is 6.03 Å². The van der Waals surface area contributed by atoms with Crippen LogP contribution in [0.1, 0.15) is 31.9 Å². The molecule has 0 bridgehead atoms. The number of carbonyl (C=O) groups is 1. The van der Waals surface area contributed by atoms with E-state index in [0.717, 1.165) is 43.7 Å². The summed E-state index contributed by atoms with van der Waals surface area (Å²) in [5, 5.41) is 7.00. The van der Waals surface area contributed by atoms with Crippen LogP contribution >= 0.6 is 0 Å². The van der Waals surface area contributed by atoms with Gasteiger partial charge in [-0.25, -0.2) is 4.79 Å². The highest BCUT2D eigenvalue weighted by Crippen LogP contribution is 2.28. The van der Waals surface area contributed by atoms with Crippen molar-refractivity contribution in [3.8, 4) is 17.0 Å². The Bertz CT molecular complexity index is 746. The minimum Gasteiger partial charge on any atom is -0.496 e. The normalized spacial score (nSPS) is 17.0. The molecule has 0 unspecified atom stereocenters. The van der Waals surface area contributed by atoms with Crippen LogP contribution in [0.15, 0.2) is 34.9 Å². The van der Waals surface area contributed by atoms with Crippen LogP contribution in [0.25, 0.3) is 11.3 Å². The summed E-state index contributed by atoms with van der Waals surface area (Å²) in [5.41, 5.74) is 1.54. The highest BCUT2D eigenvalue weighted by Gasteiger charge is 2.24. The maximum absolute atomic E-state index is 12.4. The number of likely N-dealkylation sites (tertiary alicyclic amines) is 1. The zero-order chi connectivity index (χ0) is 19.1. The van der Waals surface area contributed by atoms with E-state index in [2.05, 4.69) is 17.4 Å². The SMILES string of the molecule is CCCO[C@H]1CCCN(C(=O)NCc2cc(-c3ccccc3OC)no2)C1. The number of amides is 2. The third-order valence-electron chi connectivity index (χ3n) is 4.58. The van der Waals surface area contributed by atoms with E-state index in [1.807, 2.05) is 30.3 Å². The van der Waals surface area contributed by atoms with Crippen LogP contribution in [0.4, 0.5) is 4.79 Å². The largest absolute Gasteiger partial charge is 0.496 e. The van der Waals surface area contributed by atoms with Gasteiger partial charge in [-0.1, -0.05) is 24.2 Å². The van der Waals surface area contributed by atoms with Crippen molar-refractivity contribution < 1.29 is 18.8 Å². The highest BCUT2D eigenvalue weighted by molar-refractivity contribution is 5.74. The van der Waals surface area contributed by atoms with Crippen LogP contribution in [0.5, 0.6) is 5.75 Å². The van der Waals surface area contributed by atoms with Crippen LogP contribution < -0.4 is 10.1 Å². The number of aromatic nitrogens is 1. The molecule has 2 heterocycles. The summed E-state index contributed by atoms with van der Waals surface area (Å²) in [5.74, 6) is 1.33. The fourth-order valence-corrected chi connectivity index (χ4v) is 3.20. The molecule has 2 aromatic rings. The van der Waals surface area contributed by atoms with Gasteiger partial charge in [0.1, 0.15) is 11.4 Å². The van der Waals surface area contributed by atoms with Crippen molar-refractivity contribution in [2.75, 3.05) is 26.8 Å². The lowest BCUT2D eigenvalue weighted by atomic mass is 10.1. The van der Waals surface area contributed by atoms with Gasteiger partial charge in [0.25, 0.3) is 0 Å². The number of nitrogens with one attached hydrogen (secondary N) is 1. The summed E-state index contributed by atoms with van der Waals surface area (Å²) in [6, 6.07) is 9.33. The summed E-state index contributed by atoms with van der Waals surface area (Å²) >= 11 is 0. The molecule has 1 fully saturated rings. The van der Waals surface area contributed by atoms with Crippen LogP contribution in [0.2, 0.25) is 0 Å². The lowest BCUT2D eigenvalue weighted by Gasteiger charge is -2.32. The van der Waals surface area contributed by atoms with Gasteiger partial charge >= 0.3 is 6.03 Å². The van der Waals surface area contributed by atoms with Gasteiger partial charge in [0.15, 0.2) is 5.76 Å². The number of methoxy groups -OCH3 is 1. The molecule has 0 saturated carbocycles. The lowest BCUT2D eigenvalue weighted by molar-refractivity contribution is 0.00996. The summed E-state index contributed by atoms with van der Waals surface area (Å²) in [6.07, 6.45) is 3.09. The van der Waals surface area contributed by atoms with Crippen LogP contribution in [0.3, 0.4) is 0 Å². The Morgan fingerprint density at radius 1 is 1.41 bits per heavy atom. The van der Waals surface area contributed by atoms with Crippen molar-refractivity contribution in [3.05, 3.63) is 36.1 Å². The average molecular weight is 373 g/mol. The number of urea groups is 1. The Labute approximate surface area is 159 Å². The van der Waals surface area contributed by atoms with E-state index >= 15 is 0 Å². The standard InChI is InChI=1S/C20H27N3O4/c1-3-11-26-15-7-6-10-23(14-15)20(24)21-13-16-12-18(22-27-16)17-8-4-5-9-19(17)25-2/h4-5,8-9,12,15H,3,6-7,10-11,13-14H2,1-2H3,(H,21,24)/t15-/m0/s1. The van der Waals surface area contributed by atoms with Crippen molar-refractivity contribution in [1.82, 2.24) is 15.4 Å². The molecule has 7 nitrogen and oxygen atoms in total. The number of ether oxygens (including phenoxy) is 2. The Morgan fingerprint density at radius 3 is 3.07 bits per heavy atom. The van der Waals surface area contributed by atoms with E-state index in [4.69, 9.17) is 14.0 Å². The van der Waals surface area contributed by atoms with Gasteiger partial charge in [-0.2, -0.15) is 0 Å². The van der Waals surface area contributed by atoms with Crippen molar-refractivity contribution in [2.24, 2.45) is 0 Å². The first-order valence-corrected chi connectivity index (χ1v) is 9.44. The summed E-state index contributed by atoms with van der Waals surface area (Å²) in [4.78, 5) is 14.3. The first-order valence-electron chi connectivity index (χ1n) is 9.44. The second-order valence-electron chi connectivity index (χ2n) is 6.62. The van der Waals surface area contributed by atoms with Crippen LogP contribution in [-0.4, -0.2) is 49.0 Å². The van der Waals surface area contributed by atoms with Gasteiger partial charge in [-0.3, -0.25) is 0 Å². The van der Waals surface area contributed by atoms with Gasteiger partial charge in [-0.15, -0.1) is 0 Å². The summed E-state index contributed by atoms with van der Waals surface area (Å²) in [7, 11) is 1.62. The third kappa shape index (κ3) is 5.01. The fourth-order valence-electron chi connectivity index (χ4n) is 3.20. The summed E-state index contributed by atoms with van der Waals surface area (Å²) < 4.78 is 16.5. The maximum atomic E-state index is 12.4. The quantitative estimate of drug-likeness (QED) is 0.804. The number of rotatable bonds is 7. The molecule has 1 saturated heterocycles. The molecule has 2 amide bonds. The number of para-hydroxylation sites is 1. The highest BCUT2D eigenvalue weighted by atomic mass is 16.5. The van der Waals surface area contributed by atoms with E-state index in [0.29, 0.717) is 18.0 Å². The van der Waals surface area contributed by atoms with E-state index < -0.39 is 0 Å². The smallest absolute Gasteiger partial charge is 0.317 e. The molecular formula is C20H27N3O4. The van der Waals surface area contributed by atoms with Crippen molar-refractivity contribution in [1.29, 1.82) is 0 Å². The minimum atomic E-state index is -0.102. The zero-order valence-electron chi connectivity index (χ0n) is 15.9. The minimum absolute atomic E-state index is 0.102. The number of benzene rings is 1. The molecule has 1 aliphatic rings. The number of nitrogens with zero attached hydrogens (tertiary/aromatic N) is 2. The van der Waals surface area contributed by atoms with E-state index in [1.165, 1.54) is 0 Å². The molecule has 1 aromatic carbocycles. The number of hydrogen-bond donors (Lipinski definition) is 1. The van der Waals surface area contributed by atoms with Crippen LogP contribution in [0, 0.1) is 0 Å². The first-order chi connectivity index (χ1) is 13.2. The van der Waals surface area contributed by atoms with E-state index in [9.17, 15) is 4.79 Å². The second kappa shape index (κ2) is 9.41. The molecule has 0 spiro atoms. The first kappa shape index (κ1) is 19.2. The number of piperidine rings is 1. The van der Waals surface area contributed by atoms with Gasteiger partial charge in [-0.05, 0) is 31.4 Å². The number of carbonyl (C=O) groups excluding carboxylic acids is 1.